The molecule has 2 N–H and O–H groups in total. The Kier molecular flexibility index (Phi) is 9.62. The quantitative estimate of drug-likeness (QED) is 0.492. The maximum atomic E-state index is 6.19. The van der Waals surface area contributed by atoms with Gasteiger partial charge in [-0.2, -0.15) is 0 Å². The van der Waals surface area contributed by atoms with Crippen molar-refractivity contribution in [2.75, 3.05) is 66.0 Å². The first-order chi connectivity index (χ1) is 15.0. The number of ether oxygens (including phenoxy) is 1. The molecule has 1 aromatic carbocycles. The molecule has 6 nitrogen and oxygen atoms in total. The molecular weight excluding hydrogens is 386 g/mol. The molecule has 0 spiro atoms. The molecular formula is C25H43N5O. The van der Waals surface area contributed by atoms with E-state index in [0.717, 1.165) is 45.2 Å². The summed E-state index contributed by atoms with van der Waals surface area (Å²) in [6, 6.07) is 8.81. The van der Waals surface area contributed by atoms with Gasteiger partial charge in [-0.25, -0.2) is 0 Å². The second-order valence-electron chi connectivity index (χ2n) is 9.41. The average Bonchev–Trinajstić information content (AvgIpc) is 2.78. The highest BCUT2D eigenvalue weighted by molar-refractivity contribution is 5.79. The molecule has 0 saturated carbocycles. The molecule has 0 aliphatic carbocycles. The lowest BCUT2D eigenvalue weighted by molar-refractivity contribution is -0.0265. The summed E-state index contributed by atoms with van der Waals surface area (Å²) in [5, 5.41) is 7.03. The third kappa shape index (κ3) is 7.78. The van der Waals surface area contributed by atoms with Crippen molar-refractivity contribution in [3.63, 3.8) is 0 Å². The fraction of sp³-hybridized carbons (Fsp3) is 0.720. The summed E-state index contributed by atoms with van der Waals surface area (Å²) >= 11 is 0. The normalized spacial score (nSPS) is 24.7. The van der Waals surface area contributed by atoms with Gasteiger partial charge in [-0.05, 0) is 45.2 Å². The summed E-state index contributed by atoms with van der Waals surface area (Å²) in [7, 11) is 2.21. The second kappa shape index (κ2) is 12.4. The van der Waals surface area contributed by atoms with E-state index < -0.39 is 0 Å². The zero-order valence-corrected chi connectivity index (χ0v) is 20.1. The summed E-state index contributed by atoms with van der Waals surface area (Å²) in [6.45, 7) is 15.9. The van der Waals surface area contributed by atoms with Crippen molar-refractivity contribution in [1.29, 1.82) is 0 Å². The van der Waals surface area contributed by atoms with Gasteiger partial charge in [0.1, 0.15) is 0 Å². The molecule has 1 aromatic rings. The third-order valence-electron chi connectivity index (χ3n) is 6.45. The monoisotopic (exact) mass is 429 g/mol. The van der Waals surface area contributed by atoms with Gasteiger partial charge in [0.15, 0.2) is 5.96 Å². The minimum Gasteiger partial charge on any atom is -0.373 e. The fourth-order valence-corrected chi connectivity index (χ4v) is 4.52. The van der Waals surface area contributed by atoms with Crippen LogP contribution in [0.3, 0.4) is 0 Å². The van der Waals surface area contributed by atoms with E-state index in [-0.39, 0.29) is 6.10 Å². The Hall–Kier alpha value is -1.63. The molecule has 2 saturated heterocycles. The molecule has 2 heterocycles. The first-order valence-electron chi connectivity index (χ1n) is 12.2. The molecule has 3 atom stereocenters. The Morgan fingerprint density at radius 1 is 1.16 bits per heavy atom. The summed E-state index contributed by atoms with van der Waals surface area (Å²) in [4.78, 5) is 9.89. The van der Waals surface area contributed by atoms with E-state index in [9.17, 15) is 0 Å². The Morgan fingerprint density at radius 3 is 2.61 bits per heavy atom. The Balaban J connectivity index is 1.51. The minimum absolute atomic E-state index is 0.167. The summed E-state index contributed by atoms with van der Waals surface area (Å²) in [5.41, 5.74) is 2.58. The molecule has 0 bridgehead atoms. The fourth-order valence-electron chi connectivity index (χ4n) is 4.52. The van der Waals surface area contributed by atoms with Crippen LogP contribution in [0.5, 0.6) is 0 Å². The second-order valence-corrected chi connectivity index (χ2v) is 9.41. The maximum absolute atomic E-state index is 6.19. The van der Waals surface area contributed by atoms with Crippen molar-refractivity contribution < 1.29 is 4.74 Å². The number of aryl methyl sites for hydroxylation is 1. The summed E-state index contributed by atoms with van der Waals surface area (Å²) in [5.74, 6) is 1.95. The lowest BCUT2D eigenvalue weighted by atomic mass is 9.89. The molecule has 0 radical (unpaired) electrons. The highest BCUT2D eigenvalue weighted by atomic mass is 16.5. The van der Waals surface area contributed by atoms with Gasteiger partial charge in [0.25, 0.3) is 0 Å². The van der Waals surface area contributed by atoms with Crippen LogP contribution in [-0.4, -0.2) is 81.8 Å². The van der Waals surface area contributed by atoms with Gasteiger partial charge in [-0.15, -0.1) is 0 Å². The Morgan fingerprint density at radius 2 is 1.90 bits per heavy atom. The van der Waals surface area contributed by atoms with Crippen molar-refractivity contribution in [3.8, 4) is 0 Å². The van der Waals surface area contributed by atoms with E-state index >= 15 is 0 Å². The van der Waals surface area contributed by atoms with Gasteiger partial charge in [0.05, 0.1) is 6.10 Å². The smallest absolute Gasteiger partial charge is 0.191 e. The van der Waals surface area contributed by atoms with E-state index in [1.807, 2.05) is 0 Å². The van der Waals surface area contributed by atoms with Gasteiger partial charge < -0.3 is 25.2 Å². The number of piperazine rings is 1. The van der Waals surface area contributed by atoms with Crippen LogP contribution in [0.4, 0.5) is 0 Å². The molecule has 3 rings (SSSR count). The van der Waals surface area contributed by atoms with Crippen molar-refractivity contribution in [2.45, 2.75) is 39.7 Å². The van der Waals surface area contributed by atoms with Gasteiger partial charge >= 0.3 is 0 Å². The molecule has 6 heteroatoms. The lowest BCUT2D eigenvalue weighted by Crippen LogP contribution is -2.46. The summed E-state index contributed by atoms with van der Waals surface area (Å²) < 4.78 is 6.19. The average molecular weight is 430 g/mol. The van der Waals surface area contributed by atoms with Crippen LogP contribution >= 0.6 is 0 Å². The van der Waals surface area contributed by atoms with E-state index in [0.29, 0.717) is 11.8 Å². The third-order valence-corrected chi connectivity index (χ3v) is 6.45. The first-order valence-corrected chi connectivity index (χ1v) is 12.2. The Bertz CT molecular complexity index is 669. The van der Waals surface area contributed by atoms with E-state index in [1.165, 1.54) is 43.7 Å². The van der Waals surface area contributed by atoms with Crippen molar-refractivity contribution in [2.24, 2.45) is 16.8 Å². The van der Waals surface area contributed by atoms with E-state index in [2.05, 4.69) is 72.5 Å². The SMILES string of the molecule is CCNC(=NCC(C)CN1CCN(C)CC1)NCC1CCCOC1c1ccc(C)cc1. The number of guanidine groups is 1. The molecule has 31 heavy (non-hydrogen) atoms. The van der Waals surface area contributed by atoms with Crippen LogP contribution < -0.4 is 10.6 Å². The van der Waals surface area contributed by atoms with Gasteiger partial charge in [-0.3, -0.25) is 4.99 Å². The maximum Gasteiger partial charge on any atom is 0.191 e. The van der Waals surface area contributed by atoms with Crippen LogP contribution in [0.15, 0.2) is 29.3 Å². The predicted octanol–water partition coefficient (Wildman–Crippen LogP) is 2.90. The van der Waals surface area contributed by atoms with Crippen LogP contribution in [0, 0.1) is 18.8 Å². The predicted molar refractivity (Wildman–Crippen MR) is 130 cm³/mol. The zero-order valence-electron chi connectivity index (χ0n) is 20.1. The van der Waals surface area contributed by atoms with Gasteiger partial charge in [0.2, 0.25) is 0 Å². The van der Waals surface area contributed by atoms with Crippen LogP contribution in [-0.2, 0) is 4.74 Å². The summed E-state index contributed by atoms with van der Waals surface area (Å²) in [6.07, 6.45) is 2.48. The number of benzene rings is 1. The molecule has 2 aliphatic rings. The number of likely N-dealkylation sites (N-methyl/N-ethyl adjacent to an activating group) is 1. The van der Waals surface area contributed by atoms with Crippen LogP contribution in [0.25, 0.3) is 0 Å². The number of hydrogen-bond donors (Lipinski definition) is 2. The number of rotatable bonds is 8. The van der Waals surface area contributed by atoms with Crippen molar-refractivity contribution >= 4 is 5.96 Å². The lowest BCUT2D eigenvalue weighted by Gasteiger charge is -2.33. The number of aliphatic imine (C=N–C) groups is 1. The molecule has 2 aliphatic heterocycles. The van der Waals surface area contributed by atoms with Crippen LogP contribution in [0.2, 0.25) is 0 Å². The highest BCUT2D eigenvalue weighted by Gasteiger charge is 2.27. The van der Waals surface area contributed by atoms with Crippen molar-refractivity contribution in [1.82, 2.24) is 20.4 Å². The standard InChI is InChI=1S/C25H43N5O/c1-5-26-25(27-17-21(3)19-30-14-12-29(4)13-15-30)28-18-23-7-6-16-31-24(23)22-10-8-20(2)9-11-22/h8-11,21,23-24H,5-7,12-19H2,1-4H3,(H2,26,27,28). The number of nitrogens with zero attached hydrogens (tertiary/aromatic N) is 3. The molecule has 3 unspecified atom stereocenters. The van der Waals surface area contributed by atoms with E-state index in [1.54, 1.807) is 0 Å². The topological polar surface area (TPSA) is 52.1 Å². The minimum atomic E-state index is 0.167. The molecule has 0 aromatic heterocycles. The van der Waals surface area contributed by atoms with E-state index in [4.69, 9.17) is 9.73 Å². The number of hydrogen-bond acceptors (Lipinski definition) is 4. The molecule has 0 amide bonds. The largest absolute Gasteiger partial charge is 0.373 e. The highest BCUT2D eigenvalue weighted by Crippen LogP contribution is 2.33. The number of nitrogens with one attached hydrogen (secondary N) is 2. The first kappa shape index (κ1) is 24.0. The molecule has 2 fully saturated rings. The Labute approximate surface area is 189 Å². The van der Waals surface area contributed by atoms with Crippen LogP contribution in [0.1, 0.15) is 43.9 Å². The van der Waals surface area contributed by atoms with Crippen molar-refractivity contribution in [3.05, 3.63) is 35.4 Å². The zero-order chi connectivity index (χ0) is 22.1. The van der Waals surface area contributed by atoms with Gasteiger partial charge in [0, 0.05) is 64.9 Å². The van der Waals surface area contributed by atoms with Gasteiger partial charge in [-0.1, -0.05) is 36.8 Å². The molecule has 174 valence electrons.